The highest BCUT2D eigenvalue weighted by Crippen LogP contribution is 2.35. The minimum atomic E-state index is -0.717. The smallest absolute Gasteiger partial charge is 0.162 e. The van der Waals surface area contributed by atoms with E-state index in [0.29, 0.717) is 12.0 Å². The number of halogens is 2. The fraction of sp³-hybridized carbons (Fsp3) is 0.636. The molecule has 0 aromatic heterocycles. The molecule has 0 amide bonds. The van der Waals surface area contributed by atoms with Gasteiger partial charge in [0.1, 0.15) is 0 Å². The van der Waals surface area contributed by atoms with Crippen LogP contribution >= 0.6 is 0 Å². The van der Waals surface area contributed by atoms with E-state index in [2.05, 4.69) is 13.0 Å². The molecular formula is C22H30F2. The summed E-state index contributed by atoms with van der Waals surface area (Å²) >= 11 is 0. The van der Waals surface area contributed by atoms with Crippen molar-refractivity contribution in [2.24, 2.45) is 11.8 Å². The first-order valence-corrected chi connectivity index (χ1v) is 9.81. The average molecular weight is 332 g/mol. The van der Waals surface area contributed by atoms with E-state index >= 15 is 0 Å². The average Bonchev–Trinajstić information content (AvgIpc) is 2.62. The zero-order valence-corrected chi connectivity index (χ0v) is 14.9. The summed E-state index contributed by atoms with van der Waals surface area (Å²) in [6.45, 7) is 2.28. The van der Waals surface area contributed by atoms with E-state index in [4.69, 9.17) is 0 Å². The van der Waals surface area contributed by atoms with Crippen LogP contribution in [0.3, 0.4) is 0 Å². The lowest BCUT2D eigenvalue weighted by Gasteiger charge is -2.29. The zero-order valence-electron chi connectivity index (χ0n) is 14.9. The molecule has 132 valence electrons. The van der Waals surface area contributed by atoms with Crippen LogP contribution in [0, 0.1) is 23.5 Å². The van der Waals surface area contributed by atoms with Crippen LogP contribution in [0.4, 0.5) is 8.78 Å². The highest BCUT2D eigenvalue weighted by molar-refractivity contribution is 5.38. The van der Waals surface area contributed by atoms with E-state index in [-0.39, 0.29) is 0 Å². The van der Waals surface area contributed by atoms with Crippen molar-refractivity contribution in [3.8, 4) is 0 Å². The molecule has 2 heteroatoms. The SMILES string of the molecule is CCCCC1CCC(CCC2=CCc3c(ccc(F)c3F)C2)CC1. The van der Waals surface area contributed by atoms with Gasteiger partial charge in [0, 0.05) is 0 Å². The fourth-order valence-electron chi connectivity index (χ4n) is 4.46. The summed E-state index contributed by atoms with van der Waals surface area (Å²) in [4.78, 5) is 0. The second kappa shape index (κ2) is 8.27. The molecule has 0 aliphatic heterocycles. The van der Waals surface area contributed by atoms with Crippen LogP contribution < -0.4 is 0 Å². The Bertz CT molecular complexity index is 580. The summed E-state index contributed by atoms with van der Waals surface area (Å²) in [7, 11) is 0. The molecule has 0 nitrogen and oxygen atoms in total. The lowest BCUT2D eigenvalue weighted by molar-refractivity contribution is 0.249. The Morgan fingerprint density at radius 2 is 1.71 bits per heavy atom. The van der Waals surface area contributed by atoms with Crippen LogP contribution in [0.2, 0.25) is 0 Å². The number of unbranched alkanes of at least 4 members (excludes halogenated alkanes) is 1. The quantitative estimate of drug-likeness (QED) is 0.504. The zero-order chi connectivity index (χ0) is 16.9. The third kappa shape index (κ3) is 4.26. The molecule has 1 fully saturated rings. The maximum absolute atomic E-state index is 13.8. The lowest BCUT2D eigenvalue weighted by Crippen LogP contribution is -2.15. The van der Waals surface area contributed by atoms with Gasteiger partial charge < -0.3 is 0 Å². The molecule has 1 saturated carbocycles. The molecule has 2 aliphatic carbocycles. The summed E-state index contributed by atoms with van der Waals surface area (Å²) in [5, 5.41) is 0. The molecule has 0 spiro atoms. The summed E-state index contributed by atoms with van der Waals surface area (Å²) < 4.78 is 27.1. The lowest BCUT2D eigenvalue weighted by atomic mass is 9.77. The molecule has 0 unspecified atom stereocenters. The maximum Gasteiger partial charge on any atom is 0.162 e. The van der Waals surface area contributed by atoms with Crippen molar-refractivity contribution < 1.29 is 8.78 Å². The molecule has 0 heterocycles. The van der Waals surface area contributed by atoms with Crippen molar-refractivity contribution in [2.75, 3.05) is 0 Å². The minimum Gasteiger partial charge on any atom is -0.204 e. The summed E-state index contributed by atoms with van der Waals surface area (Å²) in [5.74, 6) is 0.480. The van der Waals surface area contributed by atoms with Gasteiger partial charge in [0.25, 0.3) is 0 Å². The minimum absolute atomic E-state index is 0.554. The molecule has 24 heavy (non-hydrogen) atoms. The van der Waals surface area contributed by atoms with Gasteiger partial charge in [-0.15, -0.1) is 0 Å². The molecule has 1 aromatic rings. The van der Waals surface area contributed by atoms with E-state index in [9.17, 15) is 8.78 Å². The van der Waals surface area contributed by atoms with Crippen molar-refractivity contribution in [1.82, 2.24) is 0 Å². The highest BCUT2D eigenvalue weighted by Gasteiger charge is 2.22. The Hall–Kier alpha value is -1.18. The van der Waals surface area contributed by atoms with Gasteiger partial charge in [-0.3, -0.25) is 0 Å². The number of hydrogen-bond acceptors (Lipinski definition) is 0. The predicted molar refractivity (Wildman–Crippen MR) is 96.1 cm³/mol. The van der Waals surface area contributed by atoms with Gasteiger partial charge in [0.15, 0.2) is 11.6 Å². The first kappa shape index (κ1) is 17.6. The van der Waals surface area contributed by atoms with E-state index in [1.807, 2.05) is 0 Å². The van der Waals surface area contributed by atoms with E-state index in [1.165, 1.54) is 63.0 Å². The Labute approximate surface area is 145 Å². The van der Waals surface area contributed by atoms with Gasteiger partial charge in [-0.2, -0.15) is 0 Å². The summed E-state index contributed by atoms with van der Waals surface area (Å²) in [5.41, 5.74) is 2.96. The first-order chi connectivity index (χ1) is 11.7. The van der Waals surface area contributed by atoms with Gasteiger partial charge in [0.05, 0.1) is 0 Å². The molecule has 0 bridgehead atoms. The molecule has 0 atom stereocenters. The molecular weight excluding hydrogens is 302 g/mol. The number of hydrogen-bond donors (Lipinski definition) is 0. The Kier molecular flexibility index (Phi) is 6.08. The van der Waals surface area contributed by atoms with Crippen molar-refractivity contribution >= 4 is 0 Å². The highest BCUT2D eigenvalue weighted by atomic mass is 19.2. The van der Waals surface area contributed by atoms with Crippen LogP contribution in [-0.4, -0.2) is 0 Å². The first-order valence-electron chi connectivity index (χ1n) is 9.81. The molecule has 3 rings (SSSR count). The van der Waals surface area contributed by atoms with Crippen LogP contribution in [0.5, 0.6) is 0 Å². The molecule has 0 saturated heterocycles. The van der Waals surface area contributed by atoms with Crippen LogP contribution in [0.15, 0.2) is 23.8 Å². The second-order valence-corrected chi connectivity index (χ2v) is 7.81. The third-order valence-electron chi connectivity index (χ3n) is 6.11. The monoisotopic (exact) mass is 332 g/mol. The molecule has 1 aromatic carbocycles. The van der Waals surface area contributed by atoms with E-state index in [0.717, 1.165) is 30.2 Å². The largest absolute Gasteiger partial charge is 0.204 e. The van der Waals surface area contributed by atoms with Crippen molar-refractivity contribution in [1.29, 1.82) is 0 Å². The second-order valence-electron chi connectivity index (χ2n) is 7.81. The summed E-state index contributed by atoms with van der Waals surface area (Å²) in [6, 6.07) is 3.04. The maximum atomic E-state index is 13.8. The van der Waals surface area contributed by atoms with Crippen LogP contribution in [0.25, 0.3) is 0 Å². The van der Waals surface area contributed by atoms with Gasteiger partial charge in [-0.05, 0) is 54.7 Å². The van der Waals surface area contributed by atoms with Gasteiger partial charge in [-0.1, -0.05) is 69.6 Å². The number of rotatable bonds is 6. The van der Waals surface area contributed by atoms with E-state index < -0.39 is 11.6 Å². The van der Waals surface area contributed by atoms with Gasteiger partial charge in [-0.25, -0.2) is 8.78 Å². The summed E-state index contributed by atoms with van der Waals surface area (Å²) in [6.07, 6.45) is 15.6. The van der Waals surface area contributed by atoms with E-state index in [1.54, 1.807) is 6.07 Å². The van der Waals surface area contributed by atoms with Crippen molar-refractivity contribution in [2.45, 2.75) is 77.6 Å². The molecule has 0 radical (unpaired) electrons. The fourth-order valence-corrected chi connectivity index (χ4v) is 4.46. The van der Waals surface area contributed by atoms with Crippen LogP contribution in [0.1, 0.15) is 75.8 Å². The predicted octanol–water partition coefficient (Wildman–Crippen LogP) is 6.77. The Balaban J connectivity index is 1.46. The van der Waals surface area contributed by atoms with Crippen LogP contribution in [-0.2, 0) is 12.8 Å². The normalized spacial score (nSPS) is 23.7. The standard InChI is InChI=1S/C22H30F2/c1-2-3-4-16-5-7-17(8-6-16)9-10-18-11-13-20-19(15-18)12-14-21(23)22(20)24/h11-12,14,16-17H,2-10,13,15H2,1H3. The molecule has 0 N–H and O–H groups in total. The number of fused-ring (bicyclic) bond motifs is 1. The van der Waals surface area contributed by atoms with Crippen molar-refractivity contribution in [3.05, 3.63) is 46.5 Å². The third-order valence-corrected chi connectivity index (χ3v) is 6.11. The topological polar surface area (TPSA) is 0 Å². The number of benzene rings is 1. The van der Waals surface area contributed by atoms with Crippen molar-refractivity contribution in [3.63, 3.8) is 0 Å². The Morgan fingerprint density at radius 3 is 2.42 bits per heavy atom. The Morgan fingerprint density at radius 1 is 1.00 bits per heavy atom. The van der Waals surface area contributed by atoms with Gasteiger partial charge >= 0.3 is 0 Å². The molecule has 2 aliphatic rings. The number of allylic oxidation sites excluding steroid dienone is 2. The van der Waals surface area contributed by atoms with Gasteiger partial charge in [0.2, 0.25) is 0 Å².